The highest BCUT2D eigenvalue weighted by Crippen LogP contribution is 2.31. The number of nitrogens with one attached hydrogen (secondary N) is 2. The number of hydrogen-bond donors (Lipinski definition) is 3. The van der Waals surface area contributed by atoms with E-state index in [1.54, 1.807) is 0 Å². The molecule has 0 bridgehead atoms. The Labute approximate surface area is 115 Å². The summed E-state index contributed by atoms with van der Waals surface area (Å²) in [6, 6.07) is -0.252. The molecule has 0 aromatic carbocycles. The lowest BCUT2D eigenvalue weighted by molar-refractivity contribution is -0.139. The molecule has 2 amide bonds. The molecule has 0 radical (unpaired) electrons. The van der Waals surface area contributed by atoms with Gasteiger partial charge in [0.2, 0.25) is 0 Å². The summed E-state index contributed by atoms with van der Waals surface area (Å²) < 4.78 is 0. The standard InChI is InChI=1S/C14H26N2O3/c1-13(2,3)10-15-12(19)16-14(9-11(17)18)7-5-4-6-8-14/h4-10H2,1-3H3,(H,17,18)(H2,15,16,19). The molecule has 1 rings (SSSR count). The number of carbonyl (C=O) groups is 2. The maximum atomic E-state index is 11.9. The molecule has 0 saturated heterocycles. The molecule has 5 nitrogen and oxygen atoms in total. The van der Waals surface area contributed by atoms with Crippen LogP contribution in [-0.4, -0.2) is 29.2 Å². The fourth-order valence-corrected chi connectivity index (χ4v) is 2.49. The number of carboxylic acids is 1. The van der Waals surface area contributed by atoms with Gasteiger partial charge in [0.05, 0.1) is 12.0 Å². The molecular formula is C14H26N2O3. The molecule has 0 heterocycles. The molecule has 1 fully saturated rings. The first kappa shape index (κ1) is 15.8. The van der Waals surface area contributed by atoms with Crippen LogP contribution in [0.15, 0.2) is 0 Å². The van der Waals surface area contributed by atoms with Gasteiger partial charge >= 0.3 is 12.0 Å². The van der Waals surface area contributed by atoms with E-state index in [9.17, 15) is 9.59 Å². The largest absolute Gasteiger partial charge is 0.481 e. The highest BCUT2D eigenvalue weighted by atomic mass is 16.4. The Hall–Kier alpha value is -1.26. The molecule has 0 unspecified atom stereocenters. The van der Waals surface area contributed by atoms with E-state index in [1.165, 1.54) is 0 Å². The van der Waals surface area contributed by atoms with Crippen LogP contribution in [0.1, 0.15) is 59.3 Å². The average molecular weight is 270 g/mol. The molecule has 0 atom stereocenters. The van der Waals surface area contributed by atoms with Crippen LogP contribution in [0.4, 0.5) is 4.79 Å². The lowest BCUT2D eigenvalue weighted by atomic mass is 9.79. The van der Waals surface area contributed by atoms with Crippen LogP contribution in [0.2, 0.25) is 0 Å². The van der Waals surface area contributed by atoms with Crippen molar-refractivity contribution in [1.29, 1.82) is 0 Å². The van der Waals surface area contributed by atoms with Crippen LogP contribution in [0.3, 0.4) is 0 Å². The average Bonchev–Trinajstić information content (AvgIpc) is 2.25. The Balaban J connectivity index is 2.57. The van der Waals surface area contributed by atoms with Gasteiger partial charge in [-0.3, -0.25) is 4.79 Å². The second kappa shape index (κ2) is 6.26. The number of amides is 2. The smallest absolute Gasteiger partial charge is 0.315 e. The zero-order valence-electron chi connectivity index (χ0n) is 12.2. The molecule has 0 aromatic heterocycles. The van der Waals surface area contributed by atoms with Crippen molar-refractivity contribution in [1.82, 2.24) is 10.6 Å². The first-order chi connectivity index (χ1) is 8.72. The van der Waals surface area contributed by atoms with Crippen molar-refractivity contribution in [2.24, 2.45) is 5.41 Å². The Bertz CT molecular complexity index is 328. The number of carboxylic acid groups (broad SMARTS) is 1. The first-order valence-corrected chi connectivity index (χ1v) is 7.00. The maximum absolute atomic E-state index is 11.9. The summed E-state index contributed by atoms with van der Waals surface area (Å²) in [5, 5.41) is 14.8. The number of carbonyl (C=O) groups excluding carboxylic acids is 1. The van der Waals surface area contributed by atoms with E-state index in [0.717, 1.165) is 32.1 Å². The normalized spacial score (nSPS) is 18.7. The van der Waals surface area contributed by atoms with Crippen molar-refractivity contribution in [3.05, 3.63) is 0 Å². The van der Waals surface area contributed by atoms with Crippen LogP contribution in [0, 0.1) is 5.41 Å². The fraction of sp³-hybridized carbons (Fsp3) is 0.857. The van der Waals surface area contributed by atoms with Crippen LogP contribution < -0.4 is 10.6 Å². The topological polar surface area (TPSA) is 78.4 Å². The monoisotopic (exact) mass is 270 g/mol. The third kappa shape index (κ3) is 5.94. The lowest BCUT2D eigenvalue weighted by Gasteiger charge is -2.37. The van der Waals surface area contributed by atoms with E-state index in [1.807, 2.05) is 20.8 Å². The summed E-state index contributed by atoms with van der Waals surface area (Å²) in [5.41, 5.74) is -0.546. The van der Waals surface area contributed by atoms with Crippen molar-refractivity contribution < 1.29 is 14.7 Å². The maximum Gasteiger partial charge on any atom is 0.315 e. The molecule has 1 saturated carbocycles. The summed E-state index contributed by atoms with van der Waals surface area (Å²) in [6.07, 6.45) is 4.59. The fourth-order valence-electron chi connectivity index (χ4n) is 2.49. The molecule has 0 spiro atoms. The van der Waals surface area contributed by atoms with Gasteiger partial charge in [-0.2, -0.15) is 0 Å². The Morgan fingerprint density at radius 1 is 1.16 bits per heavy atom. The Morgan fingerprint density at radius 2 is 1.74 bits per heavy atom. The second-order valence-corrected chi connectivity index (χ2v) is 6.78. The van der Waals surface area contributed by atoms with Crippen LogP contribution in [-0.2, 0) is 4.79 Å². The van der Waals surface area contributed by atoms with E-state index in [4.69, 9.17) is 5.11 Å². The third-order valence-corrected chi connectivity index (χ3v) is 3.46. The molecule has 0 aliphatic heterocycles. The zero-order valence-corrected chi connectivity index (χ0v) is 12.2. The van der Waals surface area contributed by atoms with Gasteiger partial charge in [-0.25, -0.2) is 4.79 Å². The quantitative estimate of drug-likeness (QED) is 0.734. The van der Waals surface area contributed by atoms with Crippen molar-refractivity contribution in [2.75, 3.05) is 6.54 Å². The molecule has 1 aliphatic carbocycles. The van der Waals surface area contributed by atoms with E-state index >= 15 is 0 Å². The van der Waals surface area contributed by atoms with Crippen LogP contribution >= 0.6 is 0 Å². The zero-order chi connectivity index (χ0) is 14.5. The summed E-state index contributed by atoms with van der Waals surface area (Å²) in [6.45, 7) is 6.70. The van der Waals surface area contributed by atoms with Crippen LogP contribution in [0.5, 0.6) is 0 Å². The predicted molar refractivity (Wildman–Crippen MR) is 74.1 cm³/mol. The van der Waals surface area contributed by atoms with E-state index in [0.29, 0.717) is 6.54 Å². The Kier molecular flexibility index (Phi) is 5.20. The van der Waals surface area contributed by atoms with E-state index in [-0.39, 0.29) is 17.9 Å². The van der Waals surface area contributed by atoms with Gasteiger partial charge in [0, 0.05) is 6.54 Å². The van der Waals surface area contributed by atoms with Gasteiger partial charge in [0.1, 0.15) is 0 Å². The van der Waals surface area contributed by atoms with E-state index < -0.39 is 11.5 Å². The van der Waals surface area contributed by atoms with Crippen molar-refractivity contribution in [3.8, 4) is 0 Å². The molecule has 0 aromatic rings. The molecule has 5 heteroatoms. The minimum atomic E-state index is -0.849. The summed E-state index contributed by atoms with van der Waals surface area (Å²) >= 11 is 0. The number of hydrogen-bond acceptors (Lipinski definition) is 2. The second-order valence-electron chi connectivity index (χ2n) is 6.78. The molecule has 3 N–H and O–H groups in total. The van der Waals surface area contributed by atoms with Gasteiger partial charge in [-0.05, 0) is 18.3 Å². The van der Waals surface area contributed by atoms with Crippen LogP contribution in [0.25, 0.3) is 0 Å². The summed E-state index contributed by atoms with van der Waals surface area (Å²) in [7, 11) is 0. The summed E-state index contributed by atoms with van der Waals surface area (Å²) in [5.74, 6) is -0.849. The molecule has 110 valence electrons. The summed E-state index contributed by atoms with van der Waals surface area (Å²) in [4.78, 5) is 22.9. The highest BCUT2D eigenvalue weighted by Gasteiger charge is 2.35. The van der Waals surface area contributed by atoms with Crippen molar-refractivity contribution >= 4 is 12.0 Å². The van der Waals surface area contributed by atoms with Crippen molar-refractivity contribution in [2.45, 2.75) is 64.8 Å². The SMILES string of the molecule is CC(C)(C)CNC(=O)NC1(CC(=O)O)CCCCC1. The predicted octanol–water partition coefficient (Wildman–Crippen LogP) is 2.51. The minimum absolute atomic E-state index is 0.00986. The third-order valence-electron chi connectivity index (χ3n) is 3.46. The number of urea groups is 1. The molecular weight excluding hydrogens is 244 g/mol. The van der Waals surface area contributed by atoms with Gasteiger partial charge < -0.3 is 15.7 Å². The van der Waals surface area contributed by atoms with Gasteiger partial charge in [-0.15, -0.1) is 0 Å². The minimum Gasteiger partial charge on any atom is -0.481 e. The van der Waals surface area contributed by atoms with Crippen molar-refractivity contribution in [3.63, 3.8) is 0 Å². The Morgan fingerprint density at radius 3 is 2.21 bits per heavy atom. The first-order valence-electron chi connectivity index (χ1n) is 7.00. The highest BCUT2D eigenvalue weighted by molar-refractivity contribution is 5.76. The van der Waals surface area contributed by atoms with Gasteiger partial charge in [-0.1, -0.05) is 40.0 Å². The molecule has 19 heavy (non-hydrogen) atoms. The van der Waals surface area contributed by atoms with Gasteiger partial charge in [0.15, 0.2) is 0 Å². The lowest BCUT2D eigenvalue weighted by Crippen LogP contribution is -2.55. The molecule has 1 aliphatic rings. The van der Waals surface area contributed by atoms with Gasteiger partial charge in [0.25, 0.3) is 0 Å². The van der Waals surface area contributed by atoms with E-state index in [2.05, 4.69) is 10.6 Å². The number of rotatable bonds is 4. The number of aliphatic carboxylic acids is 1.